The topological polar surface area (TPSA) is 59.4 Å². The standard InChI is InChI=1S/C23H22NO3P/c1-3-27-28(26,22-7-5-4-6-8-22)23-16-20(15-21(17-25)24-23)14-13-19-11-9-18(2)10-12-19/h4-12,15-16,25H,3,17H2,1-2H3. The molecule has 0 saturated carbocycles. The van der Waals surface area contributed by atoms with Crippen molar-refractivity contribution in [3.05, 3.63) is 89.1 Å². The molecule has 0 radical (unpaired) electrons. The lowest BCUT2D eigenvalue weighted by Gasteiger charge is -2.18. The average molecular weight is 391 g/mol. The number of aromatic nitrogens is 1. The molecule has 0 bridgehead atoms. The fraction of sp³-hybridized carbons (Fsp3) is 0.174. The highest BCUT2D eigenvalue weighted by atomic mass is 31.2. The summed E-state index contributed by atoms with van der Waals surface area (Å²) in [7, 11) is -3.38. The van der Waals surface area contributed by atoms with Crippen LogP contribution in [0.15, 0.2) is 66.7 Å². The highest BCUT2D eigenvalue weighted by Crippen LogP contribution is 2.43. The second-order valence-electron chi connectivity index (χ2n) is 6.28. The lowest BCUT2D eigenvalue weighted by molar-refractivity contribution is 0.277. The molecule has 4 nitrogen and oxygen atoms in total. The van der Waals surface area contributed by atoms with Gasteiger partial charge in [0.1, 0.15) is 5.44 Å². The van der Waals surface area contributed by atoms with Crippen molar-refractivity contribution in [3.63, 3.8) is 0 Å². The van der Waals surface area contributed by atoms with Gasteiger partial charge < -0.3 is 9.63 Å². The normalized spacial score (nSPS) is 12.7. The predicted molar refractivity (Wildman–Crippen MR) is 112 cm³/mol. The first-order valence-corrected chi connectivity index (χ1v) is 10.7. The second-order valence-corrected chi connectivity index (χ2v) is 8.62. The van der Waals surface area contributed by atoms with Crippen molar-refractivity contribution in [2.45, 2.75) is 20.5 Å². The van der Waals surface area contributed by atoms with E-state index in [4.69, 9.17) is 4.52 Å². The summed E-state index contributed by atoms with van der Waals surface area (Å²) >= 11 is 0. The van der Waals surface area contributed by atoms with Crippen LogP contribution in [0.1, 0.15) is 29.3 Å². The quantitative estimate of drug-likeness (QED) is 0.534. The average Bonchev–Trinajstić information content (AvgIpc) is 2.74. The van der Waals surface area contributed by atoms with Crippen LogP contribution < -0.4 is 10.7 Å². The summed E-state index contributed by atoms with van der Waals surface area (Å²) in [6.45, 7) is 3.83. The molecule has 2 aromatic carbocycles. The number of aryl methyl sites for hydroxylation is 1. The van der Waals surface area contributed by atoms with E-state index in [0.29, 0.717) is 22.0 Å². The van der Waals surface area contributed by atoms with E-state index in [1.807, 2.05) is 49.4 Å². The summed E-state index contributed by atoms with van der Waals surface area (Å²) in [4.78, 5) is 4.38. The van der Waals surface area contributed by atoms with Gasteiger partial charge in [-0.1, -0.05) is 47.7 Å². The molecule has 0 saturated heterocycles. The smallest absolute Gasteiger partial charge is 0.279 e. The zero-order chi connectivity index (χ0) is 20.0. The first-order valence-electron chi connectivity index (χ1n) is 9.06. The summed E-state index contributed by atoms with van der Waals surface area (Å²) in [5.41, 5.74) is 3.37. The van der Waals surface area contributed by atoms with E-state index in [-0.39, 0.29) is 13.2 Å². The maximum Gasteiger partial charge on any atom is 0.279 e. The van der Waals surface area contributed by atoms with Gasteiger partial charge in [0.25, 0.3) is 7.37 Å². The monoisotopic (exact) mass is 391 g/mol. The first-order chi connectivity index (χ1) is 13.5. The highest BCUT2D eigenvalue weighted by Gasteiger charge is 2.30. The zero-order valence-corrected chi connectivity index (χ0v) is 16.8. The fourth-order valence-corrected chi connectivity index (χ4v) is 4.78. The van der Waals surface area contributed by atoms with Crippen LogP contribution in [0.2, 0.25) is 0 Å². The third-order valence-corrected chi connectivity index (χ3v) is 6.57. The molecule has 28 heavy (non-hydrogen) atoms. The number of hydrogen-bond donors (Lipinski definition) is 1. The Balaban J connectivity index is 2.07. The third-order valence-electron chi connectivity index (χ3n) is 4.14. The van der Waals surface area contributed by atoms with Gasteiger partial charge in [0, 0.05) is 16.4 Å². The number of hydrogen-bond acceptors (Lipinski definition) is 4. The van der Waals surface area contributed by atoms with E-state index in [1.165, 1.54) is 5.56 Å². The SMILES string of the molecule is CCOP(=O)(c1ccccc1)c1cc(C#Cc2ccc(C)cc2)cc(CO)n1. The van der Waals surface area contributed by atoms with Gasteiger partial charge in [0.15, 0.2) is 0 Å². The fourth-order valence-electron chi connectivity index (χ4n) is 2.74. The maximum atomic E-state index is 13.7. The van der Waals surface area contributed by atoms with Crippen molar-refractivity contribution in [2.75, 3.05) is 6.61 Å². The van der Waals surface area contributed by atoms with Crippen molar-refractivity contribution in [3.8, 4) is 11.8 Å². The Labute approximate surface area is 165 Å². The van der Waals surface area contributed by atoms with Crippen molar-refractivity contribution >= 4 is 18.1 Å². The number of aliphatic hydroxyl groups excluding tert-OH is 1. The molecule has 1 heterocycles. The largest absolute Gasteiger partial charge is 0.390 e. The van der Waals surface area contributed by atoms with Crippen molar-refractivity contribution in [1.29, 1.82) is 0 Å². The summed E-state index contributed by atoms with van der Waals surface area (Å²) in [5, 5.41) is 10.2. The van der Waals surface area contributed by atoms with Crippen molar-refractivity contribution in [1.82, 2.24) is 4.98 Å². The van der Waals surface area contributed by atoms with Gasteiger partial charge in [0.05, 0.1) is 18.9 Å². The number of rotatable bonds is 5. The second kappa shape index (κ2) is 8.99. The molecule has 5 heteroatoms. The lowest BCUT2D eigenvalue weighted by atomic mass is 10.1. The molecule has 1 atom stereocenters. The lowest BCUT2D eigenvalue weighted by Crippen LogP contribution is -2.22. The van der Waals surface area contributed by atoms with E-state index >= 15 is 0 Å². The van der Waals surface area contributed by atoms with E-state index < -0.39 is 7.37 Å². The maximum absolute atomic E-state index is 13.7. The Morgan fingerprint density at radius 3 is 2.32 bits per heavy atom. The van der Waals surface area contributed by atoms with Crippen molar-refractivity contribution in [2.24, 2.45) is 0 Å². The van der Waals surface area contributed by atoms with Gasteiger partial charge in [-0.05, 0) is 50.2 Å². The molecular formula is C23H22NO3P. The molecule has 3 aromatic rings. The van der Waals surface area contributed by atoms with Crippen LogP contribution in [0, 0.1) is 18.8 Å². The minimum atomic E-state index is -3.38. The zero-order valence-electron chi connectivity index (χ0n) is 15.9. The molecule has 0 amide bonds. The molecule has 0 aliphatic carbocycles. The van der Waals surface area contributed by atoms with Crippen molar-refractivity contribution < 1.29 is 14.2 Å². The highest BCUT2D eigenvalue weighted by molar-refractivity contribution is 7.74. The summed E-state index contributed by atoms with van der Waals surface area (Å²) < 4.78 is 19.4. The molecule has 1 N–H and O–H groups in total. The Kier molecular flexibility index (Phi) is 6.44. The van der Waals surface area contributed by atoms with E-state index in [0.717, 1.165) is 5.56 Å². The Bertz CT molecular complexity index is 1050. The summed E-state index contributed by atoms with van der Waals surface area (Å²) in [6.07, 6.45) is 0. The van der Waals surface area contributed by atoms with E-state index in [9.17, 15) is 9.67 Å². The van der Waals surface area contributed by atoms with Crippen LogP contribution in [0.3, 0.4) is 0 Å². The minimum Gasteiger partial charge on any atom is -0.390 e. The molecule has 0 fully saturated rings. The number of nitrogens with zero attached hydrogens (tertiary/aromatic N) is 1. The van der Waals surface area contributed by atoms with Gasteiger partial charge in [0.2, 0.25) is 0 Å². The van der Waals surface area contributed by atoms with Crippen LogP contribution in [-0.4, -0.2) is 16.7 Å². The molecule has 1 unspecified atom stereocenters. The van der Waals surface area contributed by atoms with Crippen LogP contribution in [0.25, 0.3) is 0 Å². The first kappa shape index (κ1) is 20.0. The minimum absolute atomic E-state index is 0.270. The number of pyridine rings is 1. The van der Waals surface area contributed by atoms with Crippen LogP contribution in [0.5, 0.6) is 0 Å². The van der Waals surface area contributed by atoms with E-state index in [1.54, 1.807) is 31.2 Å². The van der Waals surface area contributed by atoms with Crippen LogP contribution in [-0.2, 0) is 15.7 Å². The van der Waals surface area contributed by atoms with Gasteiger partial charge in [-0.3, -0.25) is 4.57 Å². The van der Waals surface area contributed by atoms with E-state index in [2.05, 4.69) is 16.8 Å². The Morgan fingerprint density at radius 2 is 1.68 bits per heavy atom. The van der Waals surface area contributed by atoms with Crippen LogP contribution >= 0.6 is 7.37 Å². The van der Waals surface area contributed by atoms with Gasteiger partial charge >= 0.3 is 0 Å². The molecule has 142 valence electrons. The van der Waals surface area contributed by atoms with Gasteiger partial charge in [-0.2, -0.15) is 0 Å². The number of aliphatic hydroxyl groups is 1. The molecule has 3 rings (SSSR count). The molecular weight excluding hydrogens is 369 g/mol. The Morgan fingerprint density at radius 1 is 1.00 bits per heavy atom. The number of benzene rings is 2. The predicted octanol–water partition coefficient (Wildman–Crippen LogP) is 3.55. The third kappa shape index (κ3) is 4.58. The van der Waals surface area contributed by atoms with Gasteiger partial charge in [-0.25, -0.2) is 4.98 Å². The molecule has 1 aromatic heterocycles. The summed E-state index contributed by atoms with van der Waals surface area (Å²) in [6, 6.07) is 20.3. The molecule has 0 aliphatic rings. The van der Waals surface area contributed by atoms with Crippen LogP contribution in [0.4, 0.5) is 0 Å². The Hall–Kier alpha value is -2.70. The van der Waals surface area contributed by atoms with Gasteiger partial charge in [-0.15, -0.1) is 0 Å². The summed E-state index contributed by atoms with van der Waals surface area (Å²) in [5.74, 6) is 6.18. The molecule has 0 aliphatic heterocycles. The molecule has 0 spiro atoms.